The minimum atomic E-state index is 0.108. The van der Waals surface area contributed by atoms with E-state index in [1.807, 2.05) is 13.0 Å². The van der Waals surface area contributed by atoms with Crippen LogP contribution in [0.2, 0.25) is 5.02 Å². The van der Waals surface area contributed by atoms with Crippen molar-refractivity contribution in [1.82, 2.24) is 0 Å². The summed E-state index contributed by atoms with van der Waals surface area (Å²) in [6.45, 7) is 2.86. The molecule has 1 atom stereocenters. The molecule has 0 amide bonds. The van der Waals surface area contributed by atoms with Crippen molar-refractivity contribution in [1.29, 1.82) is 0 Å². The summed E-state index contributed by atoms with van der Waals surface area (Å²) in [5.41, 5.74) is 6.20. The summed E-state index contributed by atoms with van der Waals surface area (Å²) in [7, 11) is 0. The van der Waals surface area contributed by atoms with Crippen LogP contribution in [0.25, 0.3) is 0 Å². The van der Waals surface area contributed by atoms with E-state index < -0.39 is 0 Å². The fourth-order valence-corrected chi connectivity index (χ4v) is 4.02. The zero-order valence-corrected chi connectivity index (χ0v) is 12.9. The van der Waals surface area contributed by atoms with E-state index >= 15 is 0 Å². The van der Waals surface area contributed by atoms with E-state index in [-0.39, 0.29) is 6.04 Å². The first-order valence-corrected chi connectivity index (χ1v) is 7.90. The van der Waals surface area contributed by atoms with E-state index in [4.69, 9.17) is 22.1 Å². The second-order valence-corrected chi connectivity index (χ2v) is 7.34. The van der Waals surface area contributed by atoms with Crippen LogP contribution in [-0.4, -0.2) is 12.7 Å². The van der Waals surface area contributed by atoms with Gasteiger partial charge in [-0.25, -0.2) is 0 Å². The molecule has 2 nitrogen and oxygen atoms in total. The number of hydrogen-bond acceptors (Lipinski definition) is 3. The fraction of sp³-hybridized carbons (Fsp3) is 0.667. The molecular weight excluding hydrogens is 322 g/mol. The van der Waals surface area contributed by atoms with Gasteiger partial charge in [-0.2, -0.15) is 0 Å². The van der Waals surface area contributed by atoms with E-state index in [1.165, 1.54) is 4.88 Å². The molecule has 0 radical (unpaired) electrons. The second-order valence-electron chi connectivity index (χ2n) is 4.53. The Morgan fingerprint density at radius 1 is 1.65 bits per heavy atom. The zero-order valence-electron chi connectivity index (χ0n) is 9.79. The zero-order chi connectivity index (χ0) is 12.4. The van der Waals surface area contributed by atoms with Crippen molar-refractivity contribution in [2.24, 2.45) is 11.7 Å². The first-order valence-electron chi connectivity index (χ1n) is 5.92. The van der Waals surface area contributed by atoms with Gasteiger partial charge in [0.25, 0.3) is 0 Å². The van der Waals surface area contributed by atoms with Crippen LogP contribution in [-0.2, 0) is 4.74 Å². The van der Waals surface area contributed by atoms with Crippen molar-refractivity contribution in [3.8, 4) is 0 Å². The minimum Gasteiger partial charge on any atom is -0.378 e. The van der Waals surface area contributed by atoms with E-state index in [2.05, 4.69) is 15.9 Å². The maximum atomic E-state index is 6.20. The molecule has 2 N–H and O–H groups in total. The van der Waals surface area contributed by atoms with Crippen molar-refractivity contribution in [3.05, 3.63) is 19.8 Å². The van der Waals surface area contributed by atoms with Crippen molar-refractivity contribution in [2.75, 3.05) is 6.61 Å². The first-order chi connectivity index (χ1) is 8.10. The van der Waals surface area contributed by atoms with Crippen LogP contribution < -0.4 is 5.73 Å². The van der Waals surface area contributed by atoms with Crippen molar-refractivity contribution < 1.29 is 4.74 Å². The molecule has 1 unspecified atom stereocenters. The molecule has 2 rings (SSSR count). The molecule has 0 aliphatic heterocycles. The van der Waals surface area contributed by atoms with Crippen LogP contribution in [0.1, 0.15) is 37.1 Å². The molecule has 1 heterocycles. The van der Waals surface area contributed by atoms with E-state index in [0.717, 1.165) is 34.7 Å². The number of halogens is 2. The van der Waals surface area contributed by atoms with Gasteiger partial charge in [0.15, 0.2) is 0 Å². The van der Waals surface area contributed by atoms with Crippen LogP contribution in [0.5, 0.6) is 0 Å². The number of thiophene rings is 1. The summed E-state index contributed by atoms with van der Waals surface area (Å²) in [5, 5.41) is 0.765. The highest BCUT2D eigenvalue weighted by molar-refractivity contribution is 9.11. The smallest absolute Gasteiger partial charge is 0.0887 e. The van der Waals surface area contributed by atoms with Gasteiger partial charge in [0.05, 0.1) is 14.9 Å². The van der Waals surface area contributed by atoms with Crippen molar-refractivity contribution >= 4 is 38.9 Å². The molecule has 0 bridgehead atoms. The van der Waals surface area contributed by atoms with E-state index in [9.17, 15) is 0 Å². The van der Waals surface area contributed by atoms with Gasteiger partial charge >= 0.3 is 0 Å². The lowest BCUT2D eigenvalue weighted by Crippen LogP contribution is -2.33. The third kappa shape index (κ3) is 3.44. The Kier molecular flexibility index (Phi) is 4.89. The van der Waals surface area contributed by atoms with Gasteiger partial charge < -0.3 is 10.5 Å². The second kappa shape index (κ2) is 6.02. The number of hydrogen-bond donors (Lipinski definition) is 1. The largest absolute Gasteiger partial charge is 0.378 e. The van der Waals surface area contributed by atoms with Crippen molar-refractivity contribution in [2.45, 2.75) is 38.3 Å². The molecule has 5 heteroatoms. The Morgan fingerprint density at radius 2 is 2.35 bits per heavy atom. The highest BCUT2D eigenvalue weighted by Gasteiger charge is 2.31. The standard InChI is InChI=1S/C12H17BrClNOS/c1-2-16-8-3-7(4-8)5-10(15)11-6-9(14)12(13)17-11/h6-8,10H,2-5,15H2,1H3. The Bertz CT molecular complexity index is 359. The quantitative estimate of drug-likeness (QED) is 0.865. The van der Waals surface area contributed by atoms with E-state index in [1.54, 1.807) is 11.3 Å². The van der Waals surface area contributed by atoms with Crippen LogP contribution >= 0.6 is 38.9 Å². The molecule has 1 aliphatic rings. The van der Waals surface area contributed by atoms with E-state index in [0.29, 0.717) is 12.0 Å². The predicted molar refractivity (Wildman–Crippen MR) is 76.7 cm³/mol. The summed E-state index contributed by atoms with van der Waals surface area (Å²) in [4.78, 5) is 1.17. The molecule has 1 aliphatic carbocycles. The maximum absolute atomic E-state index is 6.20. The van der Waals surface area contributed by atoms with Gasteiger partial charge in [0.2, 0.25) is 0 Å². The summed E-state index contributed by atoms with van der Waals surface area (Å²) in [6, 6.07) is 2.08. The third-order valence-electron chi connectivity index (χ3n) is 3.21. The van der Waals surface area contributed by atoms with Crippen LogP contribution in [0.3, 0.4) is 0 Å². The van der Waals surface area contributed by atoms with Gasteiger partial charge in [0, 0.05) is 17.5 Å². The molecule has 1 saturated carbocycles. The lowest BCUT2D eigenvalue weighted by atomic mass is 9.78. The average Bonchev–Trinajstić information content (AvgIpc) is 2.56. The molecule has 0 saturated heterocycles. The number of rotatable bonds is 5. The van der Waals surface area contributed by atoms with Gasteiger partial charge in [0.1, 0.15) is 0 Å². The Hall–Kier alpha value is 0.390. The minimum absolute atomic E-state index is 0.108. The predicted octanol–water partition coefficient (Wildman–Crippen LogP) is 4.37. The molecule has 1 aromatic heterocycles. The van der Waals surface area contributed by atoms with Crippen LogP contribution in [0.15, 0.2) is 9.85 Å². The summed E-state index contributed by atoms with van der Waals surface area (Å²) < 4.78 is 6.53. The fourth-order valence-electron chi connectivity index (χ4n) is 2.26. The lowest BCUT2D eigenvalue weighted by molar-refractivity contribution is -0.0281. The first kappa shape index (κ1) is 13.8. The van der Waals surface area contributed by atoms with Gasteiger partial charge in [-0.15, -0.1) is 11.3 Å². The Balaban J connectivity index is 1.80. The molecule has 1 fully saturated rings. The highest BCUT2D eigenvalue weighted by atomic mass is 79.9. The molecule has 0 aromatic carbocycles. The summed E-state index contributed by atoms with van der Waals surface area (Å²) >= 11 is 11.1. The number of nitrogens with two attached hydrogens (primary N) is 1. The normalized spacial score (nSPS) is 25.6. The topological polar surface area (TPSA) is 35.2 Å². The molecule has 17 heavy (non-hydrogen) atoms. The summed E-state index contributed by atoms with van der Waals surface area (Å²) in [5.74, 6) is 0.709. The Morgan fingerprint density at radius 3 is 2.88 bits per heavy atom. The van der Waals surface area contributed by atoms with Gasteiger partial charge in [-0.1, -0.05) is 11.6 Å². The van der Waals surface area contributed by atoms with Gasteiger partial charge in [-0.3, -0.25) is 0 Å². The SMILES string of the molecule is CCOC1CC(CC(N)c2cc(Cl)c(Br)s2)C1. The monoisotopic (exact) mass is 337 g/mol. The lowest BCUT2D eigenvalue weighted by Gasteiger charge is -2.36. The molecule has 1 aromatic rings. The highest BCUT2D eigenvalue weighted by Crippen LogP contribution is 2.40. The van der Waals surface area contributed by atoms with Gasteiger partial charge in [-0.05, 0) is 54.1 Å². The van der Waals surface area contributed by atoms with Crippen LogP contribution in [0.4, 0.5) is 0 Å². The maximum Gasteiger partial charge on any atom is 0.0887 e. The van der Waals surface area contributed by atoms with Crippen LogP contribution in [0, 0.1) is 5.92 Å². The number of ether oxygens (including phenoxy) is 1. The molecular formula is C12H17BrClNOS. The summed E-state index contributed by atoms with van der Waals surface area (Å²) in [6.07, 6.45) is 3.81. The Labute approximate surface area is 120 Å². The average molecular weight is 339 g/mol. The van der Waals surface area contributed by atoms with Crippen molar-refractivity contribution in [3.63, 3.8) is 0 Å². The molecule has 0 spiro atoms. The molecule has 96 valence electrons. The third-order valence-corrected chi connectivity index (χ3v) is 5.82.